The largest absolute Gasteiger partial charge is 0.456 e. The van der Waals surface area contributed by atoms with Crippen LogP contribution in [0.1, 0.15) is 33.9 Å². The van der Waals surface area contributed by atoms with Crippen molar-refractivity contribution >= 4 is 5.91 Å². The fourth-order valence-corrected chi connectivity index (χ4v) is 3.36. The van der Waals surface area contributed by atoms with E-state index in [2.05, 4.69) is 22.3 Å². The van der Waals surface area contributed by atoms with Gasteiger partial charge in [-0.3, -0.25) is 9.69 Å². The van der Waals surface area contributed by atoms with Crippen LogP contribution in [-0.4, -0.2) is 41.7 Å². The number of hydrogen-bond acceptors (Lipinski definition) is 4. The van der Waals surface area contributed by atoms with E-state index in [9.17, 15) is 9.90 Å². The molecule has 2 atom stereocenters. The van der Waals surface area contributed by atoms with Gasteiger partial charge in [-0.25, -0.2) is 0 Å². The quantitative estimate of drug-likeness (QED) is 0.876. The first kappa shape index (κ1) is 17.7. The second kappa shape index (κ2) is 7.85. The fraction of sp³-hybridized carbons (Fsp3) is 0.450. The number of rotatable bonds is 5. The van der Waals surface area contributed by atoms with Crippen molar-refractivity contribution in [1.82, 2.24) is 10.2 Å². The summed E-state index contributed by atoms with van der Waals surface area (Å²) in [6.07, 6.45) is 0.866. The Morgan fingerprint density at radius 3 is 2.72 bits per heavy atom. The van der Waals surface area contributed by atoms with E-state index in [1.807, 2.05) is 32.0 Å². The van der Waals surface area contributed by atoms with Crippen LogP contribution in [0, 0.1) is 19.8 Å². The van der Waals surface area contributed by atoms with Gasteiger partial charge < -0.3 is 14.8 Å². The molecule has 0 bridgehead atoms. The molecule has 0 aliphatic carbocycles. The van der Waals surface area contributed by atoms with Gasteiger partial charge in [0.05, 0.1) is 0 Å². The maximum atomic E-state index is 12.5. The van der Waals surface area contributed by atoms with Gasteiger partial charge in [-0.05, 0) is 44.0 Å². The lowest BCUT2D eigenvalue weighted by Crippen LogP contribution is -2.53. The molecule has 3 rings (SSSR count). The Labute approximate surface area is 148 Å². The van der Waals surface area contributed by atoms with Crippen molar-refractivity contribution in [3.8, 4) is 0 Å². The van der Waals surface area contributed by atoms with Crippen molar-refractivity contribution in [2.24, 2.45) is 5.92 Å². The van der Waals surface area contributed by atoms with Gasteiger partial charge in [0.25, 0.3) is 5.91 Å². The van der Waals surface area contributed by atoms with Gasteiger partial charge in [0.1, 0.15) is 5.76 Å². The van der Waals surface area contributed by atoms with Crippen molar-refractivity contribution in [2.45, 2.75) is 32.9 Å². The third-order valence-electron chi connectivity index (χ3n) is 5.03. The normalized spacial score (nSPS) is 21.2. The number of furan rings is 1. The Morgan fingerprint density at radius 2 is 2.08 bits per heavy atom. The molecule has 25 heavy (non-hydrogen) atoms. The summed E-state index contributed by atoms with van der Waals surface area (Å²) in [7, 11) is 0. The Balaban J connectivity index is 1.65. The van der Waals surface area contributed by atoms with E-state index in [1.165, 1.54) is 5.56 Å². The van der Waals surface area contributed by atoms with Crippen molar-refractivity contribution in [3.05, 3.63) is 59.0 Å². The van der Waals surface area contributed by atoms with Crippen LogP contribution in [0.25, 0.3) is 0 Å². The molecule has 1 saturated heterocycles. The second-order valence-electron chi connectivity index (χ2n) is 6.88. The highest BCUT2D eigenvalue weighted by molar-refractivity contribution is 5.92. The first-order chi connectivity index (χ1) is 12.1. The summed E-state index contributed by atoms with van der Waals surface area (Å²) in [6.45, 7) is 6.36. The molecule has 0 spiro atoms. The highest BCUT2D eigenvalue weighted by Crippen LogP contribution is 2.21. The SMILES string of the molecule is Cc1cc(C(=O)NC2CN(Cc3ccccc3)CCC2CO)oc1C. The van der Waals surface area contributed by atoms with Crippen LogP contribution in [0.15, 0.2) is 40.8 Å². The summed E-state index contributed by atoms with van der Waals surface area (Å²) in [5, 5.41) is 12.7. The van der Waals surface area contributed by atoms with Crippen LogP contribution in [0.3, 0.4) is 0 Å². The van der Waals surface area contributed by atoms with Gasteiger partial charge in [-0.15, -0.1) is 0 Å². The molecule has 2 heterocycles. The maximum absolute atomic E-state index is 12.5. The number of amides is 1. The number of nitrogens with one attached hydrogen (secondary N) is 1. The number of carbonyl (C=O) groups is 1. The highest BCUT2D eigenvalue weighted by atomic mass is 16.3. The van der Waals surface area contributed by atoms with Gasteiger partial charge in [0.15, 0.2) is 5.76 Å². The molecule has 0 radical (unpaired) electrons. The number of aliphatic hydroxyl groups excluding tert-OH is 1. The van der Waals surface area contributed by atoms with Crippen molar-refractivity contribution in [3.63, 3.8) is 0 Å². The van der Waals surface area contributed by atoms with Crippen LogP contribution in [0.2, 0.25) is 0 Å². The number of carbonyl (C=O) groups excluding carboxylic acids is 1. The van der Waals surface area contributed by atoms with Crippen LogP contribution in [0.5, 0.6) is 0 Å². The Hall–Kier alpha value is -2.11. The first-order valence-corrected chi connectivity index (χ1v) is 8.82. The number of hydrogen-bond donors (Lipinski definition) is 2. The summed E-state index contributed by atoms with van der Waals surface area (Å²) < 4.78 is 5.52. The molecule has 1 aromatic heterocycles. The lowest BCUT2D eigenvalue weighted by molar-refractivity contribution is 0.0710. The number of likely N-dealkylation sites (tertiary alicyclic amines) is 1. The van der Waals surface area contributed by atoms with E-state index >= 15 is 0 Å². The molecule has 2 N–H and O–H groups in total. The summed E-state index contributed by atoms with van der Waals surface area (Å²) in [5.41, 5.74) is 2.23. The topological polar surface area (TPSA) is 65.7 Å². The summed E-state index contributed by atoms with van der Waals surface area (Å²) >= 11 is 0. The zero-order valence-electron chi connectivity index (χ0n) is 14.9. The summed E-state index contributed by atoms with van der Waals surface area (Å²) in [6, 6.07) is 12.0. The number of aliphatic hydroxyl groups is 1. The minimum atomic E-state index is -0.207. The standard InChI is InChI=1S/C20H26N2O3/c1-14-10-19(25-15(14)2)20(24)21-18-12-22(9-8-17(18)13-23)11-16-6-4-3-5-7-16/h3-7,10,17-18,23H,8-9,11-13H2,1-2H3,(H,21,24). The zero-order valence-corrected chi connectivity index (χ0v) is 14.9. The summed E-state index contributed by atoms with van der Waals surface area (Å²) in [5.74, 6) is 0.972. The monoisotopic (exact) mass is 342 g/mol. The lowest BCUT2D eigenvalue weighted by Gasteiger charge is -2.38. The molecule has 134 valence electrons. The van der Waals surface area contributed by atoms with Crippen molar-refractivity contribution in [1.29, 1.82) is 0 Å². The highest BCUT2D eigenvalue weighted by Gasteiger charge is 2.30. The molecule has 5 heteroatoms. The lowest BCUT2D eigenvalue weighted by atomic mass is 9.92. The van der Waals surface area contributed by atoms with E-state index in [1.54, 1.807) is 6.07 Å². The Morgan fingerprint density at radius 1 is 1.32 bits per heavy atom. The fourth-order valence-electron chi connectivity index (χ4n) is 3.36. The van der Waals surface area contributed by atoms with E-state index < -0.39 is 0 Å². The van der Waals surface area contributed by atoms with E-state index in [-0.39, 0.29) is 24.5 Å². The molecular formula is C20H26N2O3. The molecule has 1 amide bonds. The predicted octanol–water partition coefficient (Wildman–Crippen LogP) is 2.51. The van der Waals surface area contributed by atoms with E-state index in [0.29, 0.717) is 5.76 Å². The van der Waals surface area contributed by atoms with Crippen LogP contribution in [0.4, 0.5) is 0 Å². The maximum Gasteiger partial charge on any atom is 0.287 e. The summed E-state index contributed by atoms with van der Waals surface area (Å²) in [4.78, 5) is 14.8. The Bertz CT molecular complexity index is 691. The third-order valence-corrected chi connectivity index (χ3v) is 5.03. The average Bonchev–Trinajstić information content (AvgIpc) is 2.95. The number of aryl methyl sites for hydroxylation is 2. The van der Waals surface area contributed by atoms with Gasteiger partial charge in [-0.1, -0.05) is 30.3 Å². The number of benzene rings is 1. The molecule has 1 aliphatic rings. The first-order valence-electron chi connectivity index (χ1n) is 8.82. The number of nitrogens with zero attached hydrogens (tertiary/aromatic N) is 1. The predicted molar refractivity (Wildman–Crippen MR) is 96.3 cm³/mol. The average molecular weight is 342 g/mol. The van der Waals surface area contributed by atoms with E-state index in [4.69, 9.17) is 4.42 Å². The molecule has 0 saturated carbocycles. The van der Waals surface area contributed by atoms with E-state index in [0.717, 1.165) is 37.4 Å². The van der Waals surface area contributed by atoms with Gasteiger partial charge in [0.2, 0.25) is 0 Å². The third kappa shape index (κ3) is 4.30. The molecule has 5 nitrogen and oxygen atoms in total. The minimum absolute atomic E-state index is 0.0770. The zero-order chi connectivity index (χ0) is 17.8. The van der Waals surface area contributed by atoms with Crippen molar-refractivity contribution in [2.75, 3.05) is 19.7 Å². The molecule has 1 aromatic carbocycles. The van der Waals surface area contributed by atoms with Crippen LogP contribution < -0.4 is 5.32 Å². The number of piperidine rings is 1. The van der Waals surface area contributed by atoms with Crippen LogP contribution in [-0.2, 0) is 6.54 Å². The van der Waals surface area contributed by atoms with Gasteiger partial charge in [-0.2, -0.15) is 0 Å². The molecule has 1 fully saturated rings. The molecule has 2 unspecified atom stereocenters. The molecule has 2 aromatic rings. The minimum Gasteiger partial charge on any atom is -0.456 e. The smallest absolute Gasteiger partial charge is 0.287 e. The molecular weight excluding hydrogens is 316 g/mol. The van der Waals surface area contributed by atoms with Crippen molar-refractivity contribution < 1.29 is 14.3 Å². The Kier molecular flexibility index (Phi) is 5.56. The van der Waals surface area contributed by atoms with Crippen LogP contribution >= 0.6 is 0 Å². The van der Waals surface area contributed by atoms with Gasteiger partial charge >= 0.3 is 0 Å². The molecule has 1 aliphatic heterocycles. The van der Waals surface area contributed by atoms with Gasteiger partial charge in [0, 0.05) is 31.7 Å². The second-order valence-corrected chi connectivity index (χ2v) is 6.88.